The second-order valence-electron chi connectivity index (χ2n) is 4.51. The third kappa shape index (κ3) is 1.93. The molecule has 1 unspecified atom stereocenters. The predicted octanol–water partition coefficient (Wildman–Crippen LogP) is 2.31. The molecule has 2 aliphatic rings. The number of ether oxygens (including phenoxy) is 1. The minimum Gasteiger partial charge on any atom is -0.378 e. The SMILES string of the molecule is O=CC1(CCC2CCCO2)CCC1. The number of aldehydes is 1. The van der Waals surface area contributed by atoms with Gasteiger partial charge in [0.2, 0.25) is 0 Å². The molecule has 1 saturated heterocycles. The van der Waals surface area contributed by atoms with E-state index in [9.17, 15) is 4.79 Å². The van der Waals surface area contributed by atoms with E-state index < -0.39 is 0 Å². The first-order valence-electron chi connectivity index (χ1n) is 5.43. The van der Waals surface area contributed by atoms with E-state index in [0.717, 1.165) is 32.3 Å². The number of carbonyl (C=O) groups is 1. The molecule has 1 heterocycles. The van der Waals surface area contributed by atoms with E-state index in [1.807, 2.05) is 0 Å². The van der Waals surface area contributed by atoms with Crippen LogP contribution in [0, 0.1) is 5.41 Å². The second kappa shape index (κ2) is 3.79. The van der Waals surface area contributed by atoms with E-state index in [0.29, 0.717) is 6.10 Å². The molecule has 2 nitrogen and oxygen atoms in total. The Kier molecular flexibility index (Phi) is 2.68. The van der Waals surface area contributed by atoms with Crippen LogP contribution in [0.5, 0.6) is 0 Å². The summed E-state index contributed by atoms with van der Waals surface area (Å²) in [6.45, 7) is 0.929. The van der Waals surface area contributed by atoms with Gasteiger partial charge in [-0.25, -0.2) is 0 Å². The molecule has 2 rings (SSSR count). The monoisotopic (exact) mass is 182 g/mol. The van der Waals surface area contributed by atoms with Gasteiger partial charge in [0.05, 0.1) is 6.10 Å². The summed E-state index contributed by atoms with van der Waals surface area (Å²) in [5.74, 6) is 0. The van der Waals surface area contributed by atoms with E-state index in [1.54, 1.807) is 0 Å². The standard InChI is InChI=1S/C11H18O2/c12-9-11(5-2-6-11)7-4-10-3-1-8-13-10/h9-10H,1-8H2. The maximum Gasteiger partial charge on any atom is 0.126 e. The van der Waals surface area contributed by atoms with Crippen molar-refractivity contribution in [2.45, 2.75) is 51.0 Å². The van der Waals surface area contributed by atoms with Gasteiger partial charge in [-0.2, -0.15) is 0 Å². The van der Waals surface area contributed by atoms with Crippen molar-refractivity contribution in [3.05, 3.63) is 0 Å². The van der Waals surface area contributed by atoms with Crippen molar-refractivity contribution in [3.63, 3.8) is 0 Å². The molecule has 0 N–H and O–H groups in total. The summed E-state index contributed by atoms with van der Waals surface area (Å²) in [5.41, 5.74) is 0.0615. The molecule has 0 aromatic rings. The summed E-state index contributed by atoms with van der Waals surface area (Å²) >= 11 is 0. The highest BCUT2D eigenvalue weighted by molar-refractivity contribution is 5.60. The summed E-state index contributed by atoms with van der Waals surface area (Å²) in [6, 6.07) is 0. The lowest BCUT2D eigenvalue weighted by Gasteiger charge is -2.37. The molecule has 0 spiro atoms. The Labute approximate surface area is 79.7 Å². The van der Waals surface area contributed by atoms with Crippen molar-refractivity contribution in [2.24, 2.45) is 5.41 Å². The summed E-state index contributed by atoms with van der Waals surface area (Å²) in [4.78, 5) is 10.9. The number of hydrogen-bond acceptors (Lipinski definition) is 2. The second-order valence-corrected chi connectivity index (χ2v) is 4.51. The van der Waals surface area contributed by atoms with Crippen LogP contribution >= 0.6 is 0 Å². The number of rotatable bonds is 4. The molecule has 0 amide bonds. The van der Waals surface area contributed by atoms with Crippen LogP contribution < -0.4 is 0 Å². The molecule has 13 heavy (non-hydrogen) atoms. The quantitative estimate of drug-likeness (QED) is 0.624. The van der Waals surface area contributed by atoms with Crippen LogP contribution in [-0.4, -0.2) is 19.0 Å². The number of carbonyl (C=O) groups excluding carboxylic acids is 1. The maximum absolute atomic E-state index is 10.9. The van der Waals surface area contributed by atoms with E-state index in [1.165, 1.54) is 25.5 Å². The van der Waals surface area contributed by atoms with E-state index in [4.69, 9.17) is 4.74 Å². The molecule has 2 heteroatoms. The molecule has 0 bridgehead atoms. The molecule has 1 aliphatic carbocycles. The van der Waals surface area contributed by atoms with Crippen molar-refractivity contribution in [1.82, 2.24) is 0 Å². The lowest BCUT2D eigenvalue weighted by molar-refractivity contribution is -0.121. The van der Waals surface area contributed by atoms with E-state index >= 15 is 0 Å². The molecule has 74 valence electrons. The topological polar surface area (TPSA) is 26.3 Å². The molecule has 2 fully saturated rings. The van der Waals surface area contributed by atoms with Crippen LogP contribution in [0.1, 0.15) is 44.9 Å². The lowest BCUT2D eigenvalue weighted by Crippen LogP contribution is -2.31. The predicted molar refractivity (Wildman–Crippen MR) is 50.6 cm³/mol. The van der Waals surface area contributed by atoms with Gasteiger partial charge in [0, 0.05) is 12.0 Å². The zero-order valence-electron chi connectivity index (χ0n) is 8.13. The molecule has 0 aromatic heterocycles. The summed E-state index contributed by atoms with van der Waals surface area (Å²) in [6.07, 6.45) is 9.67. The van der Waals surface area contributed by atoms with Crippen molar-refractivity contribution in [1.29, 1.82) is 0 Å². The fraction of sp³-hybridized carbons (Fsp3) is 0.909. The van der Waals surface area contributed by atoms with E-state index in [-0.39, 0.29) is 5.41 Å². The molecule has 1 saturated carbocycles. The van der Waals surface area contributed by atoms with Gasteiger partial charge in [-0.15, -0.1) is 0 Å². The molecule has 1 aliphatic heterocycles. The Morgan fingerprint density at radius 2 is 2.23 bits per heavy atom. The third-order valence-corrected chi connectivity index (χ3v) is 3.59. The zero-order chi connectivity index (χ0) is 9.15. The lowest BCUT2D eigenvalue weighted by atomic mass is 9.67. The normalized spacial score (nSPS) is 31.2. The Hall–Kier alpha value is -0.370. The van der Waals surface area contributed by atoms with Gasteiger partial charge >= 0.3 is 0 Å². The molecular weight excluding hydrogens is 164 g/mol. The first-order chi connectivity index (χ1) is 6.35. The first-order valence-corrected chi connectivity index (χ1v) is 5.43. The highest BCUT2D eigenvalue weighted by Gasteiger charge is 2.37. The highest BCUT2D eigenvalue weighted by Crippen LogP contribution is 2.43. The minimum atomic E-state index is 0.0615. The van der Waals surface area contributed by atoms with Gasteiger partial charge in [0.25, 0.3) is 0 Å². The van der Waals surface area contributed by atoms with Crippen LogP contribution in [0.2, 0.25) is 0 Å². The van der Waals surface area contributed by atoms with Crippen LogP contribution in [0.3, 0.4) is 0 Å². The Bertz CT molecular complexity index is 179. The highest BCUT2D eigenvalue weighted by atomic mass is 16.5. The van der Waals surface area contributed by atoms with Gasteiger partial charge in [-0.05, 0) is 38.5 Å². The zero-order valence-corrected chi connectivity index (χ0v) is 8.13. The van der Waals surface area contributed by atoms with Crippen LogP contribution in [0.4, 0.5) is 0 Å². The Morgan fingerprint density at radius 3 is 2.69 bits per heavy atom. The Morgan fingerprint density at radius 1 is 1.38 bits per heavy atom. The average Bonchev–Trinajstić information content (AvgIpc) is 2.56. The largest absolute Gasteiger partial charge is 0.378 e. The fourth-order valence-electron chi connectivity index (χ4n) is 2.38. The summed E-state index contributed by atoms with van der Waals surface area (Å²) < 4.78 is 5.55. The van der Waals surface area contributed by atoms with Gasteiger partial charge in [0.15, 0.2) is 0 Å². The maximum atomic E-state index is 10.9. The minimum absolute atomic E-state index is 0.0615. The average molecular weight is 182 g/mol. The van der Waals surface area contributed by atoms with Gasteiger partial charge < -0.3 is 9.53 Å². The van der Waals surface area contributed by atoms with Gasteiger partial charge in [-0.1, -0.05) is 6.42 Å². The third-order valence-electron chi connectivity index (χ3n) is 3.59. The summed E-state index contributed by atoms with van der Waals surface area (Å²) in [7, 11) is 0. The van der Waals surface area contributed by atoms with Crippen molar-refractivity contribution in [2.75, 3.05) is 6.61 Å². The van der Waals surface area contributed by atoms with E-state index in [2.05, 4.69) is 0 Å². The van der Waals surface area contributed by atoms with Gasteiger partial charge in [-0.3, -0.25) is 0 Å². The van der Waals surface area contributed by atoms with Crippen molar-refractivity contribution >= 4 is 6.29 Å². The molecular formula is C11H18O2. The molecule has 0 aromatic carbocycles. The van der Waals surface area contributed by atoms with Crippen molar-refractivity contribution < 1.29 is 9.53 Å². The Balaban J connectivity index is 1.73. The van der Waals surface area contributed by atoms with Crippen LogP contribution in [0.25, 0.3) is 0 Å². The summed E-state index contributed by atoms with van der Waals surface area (Å²) in [5, 5.41) is 0. The van der Waals surface area contributed by atoms with Crippen LogP contribution in [-0.2, 0) is 9.53 Å². The molecule has 0 radical (unpaired) electrons. The smallest absolute Gasteiger partial charge is 0.126 e. The van der Waals surface area contributed by atoms with Gasteiger partial charge in [0.1, 0.15) is 6.29 Å². The first kappa shape index (κ1) is 9.20. The van der Waals surface area contributed by atoms with Crippen LogP contribution in [0.15, 0.2) is 0 Å². The number of hydrogen-bond donors (Lipinski definition) is 0. The van der Waals surface area contributed by atoms with Crippen molar-refractivity contribution in [3.8, 4) is 0 Å². The fourth-order valence-corrected chi connectivity index (χ4v) is 2.38. The molecule has 1 atom stereocenters.